The second-order valence-electron chi connectivity index (χ2n) is 7.91. The topological polar surface area (TPSA) is 61.8 Å². The molecular formula is C24H36IN5O. The highest BCUT2D eigenvalue weighted by Gasteiger charge is 2.22. The van der Waals surface area contributed by atoms with Gasteiger partial charge in [0.1, 0.15) is 0 Å². The Kier molecular flexibility index (Phi) is 11.2. The highest BCUT2D eigenvalue weighted by atomic mass is 127. The Balaban J connectivity index is 0.00000341. The normalized spacial score (nSPS) is 19.5. The van der Waals surface area contributed by atoms with Crippen molar-refractivity contribution in [1.82, 2.24) is 20.5 Å². The number of rotatable bonds is 8. The number of nitrogens with zero attached hydrogens (tertiary/aromatic N) is 3. The van der Waals surface area contributed by atoms with Crippen LogP contribution in [-0.2, 0) is 24.2 Å². The van der Waals surface area contributed by atoms with Crippen LogP contribution >= 0.6 is 24.0 Å². The van der Waals surface area contributed by atoms with E-state index < -0.39 is 0 Å². The lowest BCUT2D eigenvalue weighted by Crippen LogP contribution is -2.44. The summed E-state index contributed by atoms with van der Waals surface area (Å²) < 4.78 is 5.88. The van der Waals surface area contributed by atoms with Crippen LogP contribution in [0.3, 0.4) is 0 Å². The van der Waals surface area contributed by atoms with Crippen LogP contribution in [0.5, 0.6) is 0 Å². The van der Waals surface area contributed by atoms with Crippen LogP contribution in [0.1, 0.15) is 37.6 Å². The molecule has 6 nitrogen and oxygen atoms in total. The van der Waals surface area contributed by atoms with Crippen LogP contribution in [0.4, 0.5) is 0 Å². The quantitative estimate of drug-likeness (QED) is 0.306. The number of aromatic nitrogens is 1. The van der Waals surface area contributed by atoms with E-state index in [1.165, 1.54) is 11.1 Å². The summed E-state index contributed by atoms with van der Waals surface area (Å²) >= 11 is 0. The second kappa shape index (κ2) is 13.6. The summed E-state index contributed by atoms with van der Waals surface area (Å²) in [7, 11) is 0. The molecule has 1 aliphatic heterocycles. The predicted octanol–water partition coefficient (Wildman–Crippen LogP) is 3.61. The molecule has 7 heteroatoms. The Morgan fingerprint density at radius 2 is 1.77 bits per heavy atom. The molecule has 1 aliphatic rings. The molecular weight excluding hydrogens is 501 g/mol. The molecule has 2 aromatic rings. The number of benzene rings is 1. The van der Waals surface area contributed by atoms with Gasteiger partial charge in [0.15, 0.2) is 5.96 Å². The Labute approximate surface area is 203 Å². The first-order valence-corrected chi connectivity index (χ1v) is 11.0. The first kappa shape index (κ1) is 25.5. The number of nitrogens with one attached hydrogen (secondary N) is 2. The van der Waals surface area contributed by atoms with Gasteiger partial charge in [0.25, 0.3) is 0 Å². The Bertz CT molecular complexity index is 792. The first-order valence-electron chi connectivity index (χ1n) is 11.0. The zero-order valence-corrected chi connectivity index (χ0v) is 21.2. The monoisotopic (exact) mass is 537 g/mol. The maximum Gasteiger partial charge on any atom is 0.191 e. The molecule has 0 saturated carbocycles. The van der Waals surface area contributed by atoms with Crippen molar-refractivity contribution >= 4 is 29.9 Å². The largest absolute Gasteiger partial charge is 0.373 e. The van der Waals surface area contributed by atoms with E-state index in [2.05, 4.69) is 71.6 Å². The highest BCUT2D eigenvalue weighted by molar-refractivity contribution is 14.0. The van der Waals surface area contributed by atoms with Gasteiger partial charge in [-0.1, -0.05) is 30.3 Å². The SMILES string of the molecule is CCNC(=NCc1ccccc1CN1CC(C)OC(C)C1)NCCc1ccccn1.I. The van der Waals surface area contributed by atoms with Crippen LogP contribution in [-0.4, -0.2) is 54.2 Å². The minimum absolute atomic E-state index is 0. The second-order valence-corrected chi connectivity index (χ2v) is 7.91. The van der Waals surface area contributed by atoms with E-state index in [1.54, 1.807) is 0 Å². The van der Waals surface area contributed by atoms with E-state index >= 15 is 0 Å². The molecule has 0 radical (unpaired) electrons. The number of pyridine rings is 1. The number of halogens is 1. The number of hydrogen-bond acceptors (Lipinski definition) is 4. The predicted molar refractivity (Wildman–Crippen MR) is 138 cm³/mol. The standard InChI is InChI=1S/C24H35N5O.HI/c1-4-25-24(27-14-12-23-11-7-8-13-26-23)28-15-21-9-5-6-10-22(21)18-29-16-19(2)30-20(3)17-29;/h5-11,13,19-20H,4,12,14-18H2,1-3H3,(H2,25,27,28);1H. The van der Waals surface area contributed by atoms with E-state index in [1.807, 2.05) is 18.3 Å². The lowest BCUT2D eigenvalue weighted by Gasteiger charge is -2.35. The van der Waals surface area contributed by atoms with Crippen molar-refractivity contribution in [2.45, 2.75) is 52.5 Å². The van der Waals surface area contributed by atoms with E-state index in [0.29, 0.717) is 6.54 Å². The molecule has 2 N–H and O–H groups in total. The molecule has 1 aromatic carbocycles. The van der Waals surface area contributed by atoms with Gasteiger partial charge in [-0.15, -0.1) is 24.0 Å². The molecule has 2 unspecified atom stereocenters. The van der Waals surface area contributed by atoms with E-state index in [-0.39, 0.29) is 36.2 Å². The summed E-state index contributed by atoms with van der Waals surface area (Å²) in [6.45, 7) is 11.6. The maximum atomic E-state index is 5.88. The van der Waals surface area contributed by atoms with Crippen molar-refractivity contribution in [3.8, 4) is 0 Å². The van der Waals surface area contributed by atoms with Gasteiger partial charge in [-0.05, 0) is 44.0 Å². The van der Waals surface area contributed by atoms with Gasteiger partial charge in [-0.2, -0.15) is 0 Å². The summed E-state index contributed by atoms with van der Waals surface area (Å²) in [4.78, 5) is 11.7. The van der Waals surface area contributed by atoms with Crippen molar-refractivity contribution < 1.29 is 4.74 Å². The Morgan fingerprint density at radius 1 is 1.06 bits per heavy atom. The molecule has 2 heterocycles. The van der Waals surface area contributed by atoms with E-state index in [4.69, 9.17) is 9.73 Å². The summed E-state index contributed by atoms with van der Waals surface area (Å²) in [5.74, 6) is 0.844. The fourth-order valence-electron chi connectivity index (χ4n) is 3.88. The molecule has 3 rings (SSSR count). The maximum absolute atomic E-state index is 5.88. The molecule has 2 atom stereocenters. The van der Waals surface area contributed by atoms with E-state index in [9.17, 15) is 0 Å². The van der Waals surface area contributed by atoms with Crippen LogP contribution in [0.2, 0.25) is 0 Å². The number of morpholine rings is 1. The Morgan fingerprint density at radius 3 is 2.45 bits per heavy atom. The molecule has 0 bridgehead atoms. The van der Waals surface area contributed by atoms with Crippen LogP contribution in [0, 0.1) is 0 Å². The average molecular weight is 537 g/mol. The summed E-state index contributed by atoms with van der Waals surface area (Å²) in [6, 6.07) is 14.6. The van der Waals surface area contributed by atoms with Crippen LogP contribution < -0.4 is 10.6 Å². The fraction of sp³-hybridized carbons (Fsp3) is 0.500. The van der Waals surface area contributed by atoms with Crippen molar-refractivity contribution in [2.24, 2.45) is 4.99 Å². The average Bonchev–Trinajstić information content (AvgIpc) is 2.73. The zero-order valence-electron chi connectivity index (χ0n) is 18.9. The lowest BCUT2D eigenvalue weighted by atomic mass is 10.1. The van der Waals surface area contributed by atoms with Gasteiger partial charge >= 0.3 is 0 Å². The van der Waals surface area contributed by atoms with E-state index in [0.717, 1.165) is 50.8 Å². The van der Waals surface area contributed by atoms with Crippen molar-refractivity contribution in [3.05, 3.63) is 65.5 Å². The van der Waals surface area contributed by atoms with Gasteiger partial charge in [-0.3, -0.25) is 9.88 Å². The van der Waals surface area contributed by atoms with Crippen molar-refractivity contribution in [1.29, 1.82) is 0 Å². The van der Waals surface area contributed by atoms with Gasteiger partial charge < -0.3 is 15.4 Å². The summed E-state index contributed by atoms with van der Waals surface area (Å²) in [5, 5.41) is 6.77. The minimum atomic E-state index is 0. The minimum Gasteiger partial charge on any atom is -0.373 e. The van der Waals surface area contributed by atoms with Crippen LogP contribution in [0.15, 0.2) is 53.7 Å². The molecule has 31 heavy (non-hydrogen) atoms. The lowest BCUT2D eigenvalue weighted by molar-refractivity contribution is -0.0705. The molecule has 1 saturated heterocycles. The van der Waals surface area contributed by atoms with Crippen LogP contribution in [0.25, 0.3) is 0 Å². The van der Waals surface area contributed by atoms with Gasteiger partial charge in [0, 0.05) is 51.0 Å². The number of guanidine groups is 1. The number of ether oxygens (including phenoxy) is 1. The van der Waals surface area contributed by atoms with Gasteiger partial charge in [-0.25, -0.2) is 4.99 Å². The third kappa shape index (κ3) is 8.74. The summed E-state index contributed by atoms with van der Waals surface area (Å²) in [6.07, 6.45) is 3.27. The van der Waals surface area contributed by atoms with Gasteiger partial charge in [0.2, 0.25) is 0 Å². The third-order valence-corrected chi connectivity index (χ3v) is 5.16. The molecule has 0 aliphatic carbocycles. The molecule has 170 valence electrons. The van der Waals surface area contributed by atoms with Gasteiger partial charge in [0.05, 0.1) is 18.8 Å². The summed E-state index contributed by atoms with van der Waals surface area (Å²) in [5.41, 5.74) is 3.69. The zero-order chi connectivity index (χ0) is 21.2. The molecule has 0 amide bonds. The third-order valence-electron chi connectivity index (χ3n) is 5.16. The van der Waals surface area contributed by atoms with Crippen molar-refractivity contribution in [2.75, 3.05) is 26.2 Å². The fourth-order valence-corrected chi connectivity index (χ4v) is 3.88. The molecule has 1 fully saturated rings. The number of aliphatic imine (C=N–C) groups is 1. The highest BCUT2D eigenvalue weighted by Crippen LogP contribution is 2.17. The Hall–Kier alpha value is -1.71. The molecule has 0 spiro atoms. The van der Waals surface area contributed by atoms with Crippen molar-refractivity contribution in [3.63, 3.8) is 0 Å². The smallest absolute Gasteiger partial charge is 0.191 e. The number of hydrogen-bond donors (Lipinski definition) is 2. The first-order chi connectivity index (χ1) is 14.6. The molecule has 1 aromatic heterocycles.